The topological polar surface area (TPSA) is 49.7 Å². The maximum atomic E-state index is 9.67. The molecule has 84 valence electrons. The monoisotopic (exact) mass is 210 g/mol. The highest BCUT2D eigenvalue weighted by molar-refractivity contribution is 5.42. The van der Waals surface area contributed by atoms with Crippen LogP contribution in [-0.2, 0) is 0 Å². The summed E-state index contributed by atoms with van der Waals surface area (Å²) < 4.78 is 5.54. The zero-order valence-corrected chi connectivity index (χ0v) is 9.61. The average molecular weight is 210 g/mol. The molecule has 1 atom stereocenters. The Morgan fingerprint density at radius 2 is 1.87 bits per heavy atom. The van der Waals surface area contributed by atoms with Crippen LogP contribution in [0.2, 0.25) is 0 Å². The number of aliphatic hydroxyl groups is 1. The van der Waals surface area contributed by atoms with Crippen molar-refractivity contribution in [3.05, 3.63) is 23.8 Å². The first-order valence-corrected chi connectivity index (χ1v) is 4.99. The van der Waals surface area contributed by atoms with E-state index in [-0.39, 0.29) is 11.4 Å². The highest BCUT2D eigenvalue weighted by Gasteiger charge is 2.15. The number of benzene rings is 1. The van der Waals surface area contributed by atoms with Crippen LogP contribution < -0.4 is 4.74 Å². The fourth-order valence-electron chi connectivity index (χ4n) is 1.21. The van der Waals surface area contributed by atoms with Crippen molar-refractivity contribution in [2.45, 2.75) is 39.4 Å². The van der Waals surface area contributed by atoms with Gasteiger partial charge in [0.15, 0.2) is 11.5 Å². The molecular weight excluding hydrogens is 192 g/mol. The molecule has 0 amide bonds. The van der Waals surface area contributed by atoms with Gasteiger partial charge in [-0.05, 0) is 45.4 Å². The summed E-state index contributed by atoms with van der Waals surface area (Å²) >= 11 is 0. The molecule has 0 radical (unpaired) electrons. The van der Waals surface area contributed by atoms with Crippen LogP contribution in [0.3, 0.4) is 0 Å². The van der Waals surface area contributed by atoms with Gasteiger partial charge in [0.2, 0.25) is 0 Å². The van der Waals surface area contributed by atoms with Crippen molar-refractivity contribution in [2.24, 2.45) is 0 Å². The second-order valence-electron chi connectivity index (χ2n) is 4.62. The first-order valence-electron chi connectivity index (χ1n) is 4.99. The predicted molar refractivity (Wildman–Crippen MR) is 59.1 cm³/mol. The molecule has 0 aromatic heterocycles. The van der Waals surface area contributed by atoms with Gasteiger partial charge in [-0.2, -0.15) is 0 Å². The van der Waals surface area contributed by atoms with E-state index in [9.17, 15) is 10.2 Å². The molecule has 0 spiro atoms. The molecule has 0 saturated carbocycles. The molecule has 15 heavy (non-hydrogen) atoms. The normalized spacial score (nSPS) is 13.7. The van der Waals surface area contributed by atoms with Crippen LogP contribution in [0.5, 0.6) is 11.5 Å². The van der Waals surface area contributed by atoms with Crippen molar-refractivity contribution in [3.63, 3.8) is 0 Å². The molecule has 0 bridgehead atoms. The van der Waals surface area contributed by atoms with Gasteiger partial charge in [0.1, 0.15) is 5.60 Å². The number of ether oxygens (including phenoxy) is 1. The molecule has 0 aliphatic heterocycles. The van der Waals surface area contributed by atoms with Crippen molar-refractivity contribution < 1.29 is 14.9 Å². The molecule has 1 aromatic rings. The Morgan fingerprint density at radius 1 is 1.27 bits per heavy atom. The molecule has 2 N–H and O–H groups in total. The summed E-state index contributed by atoms with van der Waals surface area (Å²) in [6.07, 6.45) is -0.584. The van der Waals surface area contributed by atoms with Gasteiger partial charge in [0.25, 0.3) is 0 Å². The van der Waals surface area contributed by atoms with Crippen LogP contribution in [0, 0.1) is 0 Å². The predicted octanol–water partition coefficient (Wildman–Crippen LogP) is 2.62. The van der Waals surface area contributed by atoms with E-state index in [4.69, 9.17) is 4.74 Å². The third kappa shape index (κ3) is 3.44. The van der Waals surface area contributed by atoms with E-state index in [1.165, 1.54) is 6.07 Å². The first kappa shape index (κ1) is 11.9. The lowest BCUT2D eigenvalue weighted by molar-refractivity contribution is 0.125. The molecule has 3 heteroatoms. The number of phenols is 1. The summed E-state index contributed by atoms with van der Waals surface area (Å²) in [5, 5.41) is 19.0. The van der Waals surface area contributed by atoms with Crippen molar-refractivity contribution >= 4 is 0 Å². The smallest absolute Gasteiger partial charge is 0.161 e. The molecule has 3 nitrogen and oxygen atoms in total. The van der Waals surface area contributed by atoms with Gasteiger partial charge in [-0.15, -0.1) is 0 Å². The summed E-state index contributed by atoms with van der Waals surface area (Å²) in [6.45, 7) is 7.39. The number of phenolic OH excluding ortho intramolecular Hbond substituents is 1. The third-order valence-electron chi connectivity index (χ3n) is 1.88. The van der Waals surface area contributed by atoms with Crippen molar-refractivity contribution in [2.75, 3.05) is 0 Å². The Hall–Kier alpha value is -1.22. The number of hydrogen-bond acceptors (Lipinski definition) is 3. The van der Waals surface area contributed by atoms with Gasteiger partial charge in [0.05, 0.1) is 6.10 Å². The van der Waals surface area contributed by atoms with E-state index in [0.717, 1.165) is 0 Å². The highest BCUT2D eigenvalue weighted by atomic mass is 16.5. The summed E-state index contributed by atoms with van der Waals surface area (Å²) in [4.78, 5) is 0. The Kier molecular flexibility index (Phi) is 3.25. The highest BCUT2D eigenvalue weighted by Crippen LogP contribution is 2.31. The third-order valence-corrected chi connectivity index (χ3v) is 1.88. The van der Waals surface area contributed by atoms with Crippen molar-refractivity contribution in [3.8, 4) is 11.5 Å². The van der Waals surface area contributed by atoms with Crippen LogP contribution in [0.25, 0.3) is 0 Å². The minimum Gasteiger partial charge on any atom is -0.504 e. The van der Waals surface area contributed by atoms with Crippen LogP contribution in [0.15, 0.2) is 18.2 Å². The average Bonchev–Trinajstić information content (AvgIpc) is 2.05. The molecule has 0 aliphatic rings. The number of hydrogen-bond donors (Lipinski definition) is 2. The maximum absolute atomic E-state index is 9.67. The SMILES string of the molecule is CC(O)c1ccc(OC(C)(C)C)c(O)c1. The van der Waals surface area contributed by atoms with Gasteiger partial charge in [-0.1, -0.05) is 6.07 Å². The standard InChI is InChI=1S/C12H18O3/c1-8(13)9-5-6-11(10(14)7-9)15-12(2,3)4/h5-8,13-14H,1-4H3. The lowest BCUT2D eigenvalue weighted by atomic mass is 10.1. The molecule has 0 aliphatic carbocycles. The Balaban J connectivity index is 2.94. The Labute approximate surface area is 90.3 Å². The number of aromatic hydroxyl groups is 1. The van der Waals surface area contributed by atoms with E-state index in [0.29, 0.717) is 11.3 Å². The van der Waals surface area contributed by atoms with E-state index < -0.39 is 6.10 Å². The lowest BCUT2D eigenvalue weighted by Gasteiger charge is -2.22. The molecule has 1 rings (SSSR count). The largest absolute Gasteiger partial charge is 0.504 e. The van der Waals surface area contributed by atoms with Crippen LogP contribution in [-0.4, -0.2) is 15.8 Å². The van der Waals surface area contributed by atoms with E-state index >= 15 is 0 Å². The zero-order chi connectivity index (χ0) is 11.6. The minimum atomic E-state index is -0.584. The molecular formula is C12H18O3. The van der Waals surface area contributed by atoms with Crippen molar-refractivity contribution in [1.82, 2.24) is 0 Å². The fourth-order valence-corrected chi connectivity index (χ4v) is 1.21. The molecule has 1 unspecified atom stereocenters. The van der Waals surface area contributed by atoms with Crippen molar-refractivity contribution in [1.29, 1.82) is 0 Å². The molecule has 1 aromatic carbocycles. The summed E-state index contributed by atoms with van der Waals surface area (Å²) in [7, 11) is 0. The van der Waals surface area contributed by atoms with E-state index in [1.807, 2.05) is 20.8 Å². The van der Waals surface area contributed by atoms with Gasteiger partial charge >= 0.3 is 0 Å². The fraction of sp³-hybridized carbons (Fsp3) is 0.500. The summed E-state index contributed by atoms with van der Waals surface area (Å²) in [5.41, 5.74) is 0.331. The number of aliphatic hydroxyl groups excluding tert-OH is 1. The lowest BCUT2D eigenvalue weighted by Crippen LogP contribution is -2.23. The zero-order valence-electron chi connectivity index (χ0n) is 9.61. The van der Waals surface area contributed by atoms with E-state index in [2.05, 4.69) is 0 Å². The van der Waals surface area contributed by atoms with Crippen LogP contribution in [0.1, 0.15) is 39.4 Å². The molecule has 0 heterocycles. The van der Waals surface area contributed by atoms with Crippen LogP contribution in [0.4, 0.5) is 0 Å². The van der Waals surface area contributed by atoms with Gasteiger partial charge < -0.3 is 14.9 Å². The van der Waals surface area contributed by atoms with Gasteiger partial charge in [0, 0.05) is 0 Å². The Morgan fingerprint density at radius 3 is 2.27 bits per heavy atom. The van der Waals surface area contributed by atoms with Crippen LogP contribution >= 0.6 is 0 Å². The van der Waals surface area contributed by atoms with Gasteiger partial charge in [-0.25, -0.2) is 0 Å². The summed E-state index contributed by atoms with van der Waals surface area (Å²) in [5.74, 6) is 0.496. The second-order valence-corrected chi connectivity index (χ2v) is 4.62. The summed E-state index contributed by atoms with van der Waals surface area (Å²) in [6, 6.07) is 4.93. The maximum Gasteiger partial charge on any atom is 0.161 e. The quantitative estimate of drug-likeness (QED) is 0.788. The van der Waals surface area contributed by atoms with E-state index in [1.54, 1.807) is 19.1 Å². The van der Waals surface area contributed by atoms with Gasteiger partial charge in [-0.3, -0.25) is 0 Å². The molecule has 0 fully saturated rings. The Bertz CT molecular complexity index is 337. The first-order chi connectivity index (χ1) is 6.79. The second kappa shape index (κ2) is 4.11. The molecule has 0 saturated heterocycles. The minimum absolute atomic E-state index is 0.0586. The number of rotatable bonds is 2.